The first kappa shape index (κ1) is 15.7. The minimum atomic E-state index is -0.294. The molecule has 22 heavy (non-hydrogen) atoms. The number of rotatable bonds is 5. The van der Waals surface area contributed by atoms with Crippen LogP contribution in [0.4, 0.5) is 0 Å². The summed E-state index contributed by atoms with van der Waals surface area (Å²) in [7, 11) is 0. The SMILES string of the molecule is CCOC(=O)CC#Cc1ccc(OCc2ccccc2)cc1. The van der Waals surface area contributed by atoms with Gasteiger partial charge in [-0.1, -0.05) is 42.2 Å². The fourth-order valence-corrected chi connectivity index (χ4v) is 1.81. The average molecular weight is 294 g/mol. The van der Waals surface area contributed by atoms with Crippen LogP contribution in [0.25, 0.3) is 0 Å². The van der Waals surface area contributed by atoms with E-state index in [2.05, 4.69) is 11.8 Å². The maximum Gasteiger partial charge on any atom is 0.317 e. The Morgan fingerprint density at radius 1 is 1.05 bits per heavy atom. The van der Waals surface area contributed by atoms with E-state index in [0.29, 0.717) is 13.2 Å². The molecule has 0 aliphatic heterocycles. The van der Waals surface area contributed by atoms with Crippen molar-refractivity contribution in [3.63, 3.8) is 0 Å². The van der Waals surface area contributed by atoms with Crippen LogP contribution in [0.3, 0.4) is 0 Å². The third-order valence-corrected chi connectivity index (χ3v) is 2.87. The van der Waals surface area contributed by atoms with E-state index in [4.69, 9.17) is 9.47 Å². The standard InChI is InChI=1S/C19H18O3/c1-2-21-19(20)10-6-9-16-11-13-18(14-12-16)22-15-17-7-4-3-5-8-17/h3-5,7-8,11-14H,2,10,15H2,1H3. The largest absolute Gasteiger partial charge is 0.489 e. The van der Waals surface area contributed by atoms with E-state index >= 15 is 0 Å². The van der Waals surface area contributed by atoms with Crippen molar-refractivity contribution in [3.8, 4) is 17.6 Å². The number of esters is 1. The van der Waals surface area contributed by atoms with Crippen LogP contribution in [0.15, 0.2) is 54.6 Å². The van der Waals surface area contributed by atoms with Gasteiger partial charge in [0.05, 0.1) is 6.61 Å². The summed E-state index contributed by atoms with van der Waals surface area (Å²) in [4.78, 5) is 11.2. The fraction of sp³-hybridized carbons (Fsp3) is 0.211. The zero-order chi connectivity index (χ0) is 15.6. The first-order valence-electron chi connectivity index (χ1n) is 7.19. The van der Waals surface area contributed by atoms with Crippen molar-refractivity contribution in [1.29, 1.82) is 0 Å². The van der Waals surface area contributed by atoms with Crippen LogP contribution in [0.5, 0.6) is 5.75 Å². The number of carbonyl (C=O) groups excluding carboxylic acids is 1. The molecule has 2 aromatic rings. The summed E-state index contributed by atoms with van der Waals surface area (Å²) in [6.45, 7) is 2.70. The summed E-state index contributed by atoms with van der Waals surface area (Å²) >= 11 is 0. The summed E-state index contributed by atoms with van der Waals surface area (Å²) in [5, 5.41) is 0. The Morgan fingerprint density at radius 3 is 2.45 bits per heavy atom. The molecule has 2 aromatic carbocycles. The van der Waals surface area contributed by atoms with Gasteiger partial charge in [-0.25, -0.2) is 0 Å². The van der Waals surface area contributed by atoms with E-state index < -0.39 is 0 Å². The van der Waals surface area contributed by atoms with Crippen LogP contribution in [0.1, 0.15) is 24.5 Å². The average Bonchev–Trinajstić information content (AvgIpc) is 2.55. The molecular formula is C19H18O3. The molecule has 2 rings (SSSR count). The van der Waals surface area contributed by atoms with Gasteiger partial charge in [0.25, 0.3) is 0 Å². The lowest BCUT2D eigenvalue weighted by atomic mass is 10.2. The van der Waals surface area contributed by atoms with Crippen molar-refractivity contribution < 1.29 is 14.3 Å². The Kier molecular flexibility index (Phi) is 6.07. The Hall–Kier alpha value is -2.73. The molecule has 0 amide bonds. The van der Waals surface area contributed by atoms with Gasteiger partial charge in [0.1, 0.15) is 18.8 Å². The molecule has 0 saturated carbocycles. The summed E-state index contributed by atoms with van der Waals surface area (Å²) in [5.41, 5.74) is 1.97. The lowest BCUT2D eigenvalue weighted by Gasteiger charge is -2.05. The van der Waals surface area contributed by atoms with Gasteiger partial charge in [-0.15, -0.1) is 0 Å². The maximum absolute atomic E-state index is 11.2. The van der Waals surface area contributed by atoms with Gasteiger partial charge in [-0.3, -0.25) is 4.79 Å². The highest BCUT2D eigenvalue weighted by molar-refractivity contribution is 5.72. The molecule has 0 heterocycles. The second-order valence-electron chi connectivity index (χ2n) is 4.58. The van der Waals surface area contributed by atoms with E-state index in [1.54, 1.807) is 6.92 Å². The Bertz CT molecular complexity index is 649. The van der Waals surface area contributed by atoms with Gasteiger partial charge in [0.15, 0.2) is 0 Å². The Balaban J connectivity index is 1.85. The summed E-state index contributed by atoms with van der Waals surface area (Å²) in [5.74, 6) is 6.22. The molecule has 0 radical (unpaired) electrons. The predicted molar refractivity (Wildman–Crippen MR) is 85.3 cm³/mol. The molecule has 0 aliphatic rings. The first-order valence-corrected chi connectivity index (χ1v) is 7.19. The van der Waals surface area contributed by atoms with Crippen molar-refractivity contribution in [1.82, 2.24) is 0 Å². The molecule has 0 fully saturated rings. The minimum Gasteiger partial charge on any atom is -0.489 e. The lowest BCUT2D eigenvalue weighted by Crippen LogP contribution is -2.01. The van der Waals surface area contributed by atoms with Crippen molar-refractivity contribution in [2.24, 2.45) is 0 Å². The molecule has 112 valence electrons. The highest BCUT2D eigenvalue weighted by Gasteiger charge is 1.97. The molecule has 0 saturated heterocycles. The lowest BCUT2D eigenvalue weighted by molar-refractivity contribution is -0.141. The molecule has 0 aliphatic carbocycles. The smallest absolute Gasteiger partial charge is 0.317 e. The van der Waals surface area contributed by atoms with Gasteiger partial charge in [-0.05, 0) is 36.8 Å². The van der Waals surface area contributed by atoms with Crippen LogP contribution in [0.2, 0.25) is 0 Å². The molecule has 0 spiro atoms. The predicted octanol–water partition coefficient (Wildman–Crippen LogP) is 3.57. The van der Waals surface area contributed by atoms with Crippen molar-refractivity contribution in [2.75, 3.05) is 6.61 Å². The molecule has 0 unspecified atom stereocenters. The highest BCUT2D eigenvalue weighted by Crippen LogP contribution is 2.13. The third-order valence-electron chi connectivity index (χ3n) is 2.87. The van der Waals surface area contributed by atoms with Gasteiger partial charge < -0.3 is 9.47 Å². The summed E-state index contributed by atoms with van der Waals surface area (Å²) in [6.07, 6.45) is 0.111. The topological polar surface area (TPSA) is 35.5 Å². The summed E-state index contributed by atoms with van der Waals surface area (Å²) in [6, 6.07) is 17.5. The quantitative estimate of drug-likeness (QED) is 0.624. The van der Waals surface area contributed by atoms with Crippen LogP contribution in [-0.2, 0) is 16.1 Å². The molecule has 0 aromatic heterocycles. The van der Waals surface area contributed by atoms with Crippen LogP contribution >= 0.6 is 0 Å². The molecular weight excluding hydrogens is 276 g/mol. The molecule has 0 atom stereocenters. The van der Waals surface area contributed by atoms with Crippen molar-refractivity contribution >= 4 is 5.97 Å². The Labute approximate surface area is 130 Å². The van der Waals surface area contributed by atoms with Gasteiger partial charge in [0.2, 0.25) is 0 Å². The second-order valence-corrected chi connectivity index (χ2v) is 4.58. The zero-order valence-corrected chi connectivity index (χ0v) is 12.5. The van der Waals surface area contributed by atoms with Crippen molar-refractivity contribution in [3.05, 3.63) is 65.7 Å². The van der Waals surface area contributed by atoms with Crippen LogP contribution < -0.4 is 4.74 Å². The van der Waals surface area contributed by atoms with E-state index in [0.717, 1.165) is 16.9 Å². The van der Waals surface area contributed by atoms with Gasteiger partial charge >= 0.3 is 5.97 Å². The van der Waals surface area contributed by atoms with Crippen LogP contribution in [0, 0.1) is 11.8 Å². The van der Waals surface area contributed by atoms with E-state index in [1.165, 1.54) is 0 Å². The number of benzene rings is 2. The number of ether oxygens (including phenoxy) is 2. The van der Waals surface area contributed by atoms with Crippen molar-refractivity contribution in [2.45, 2.75) is 20.0 Å². The van der Waals surface area contributed by atoms with Crippen LogP contribution in [-0.4, -0.2) is 12.6 Å². The monoisotopic (exact) mass is 294 g/mol. The van der Waals surface area contributed by atoms with Gasteiger partial charge in [-0.2, -0.15) is 0 Å². The molecule has 3 nitrogen and oxygen atoms in total. The van der Waals surface area contributed by atoms with Gasteiger partial charge in [0, 0.05) is 5.56 Å². The number of hydrogen-bond acceptors (Lipinski definition) is 3. The fourth-order valence-electron chi connectivity index (χ4n) is 1.81. The van der Waals surface area contributed by atoms with E-state index in [-0.39, 0.29) is 12.4 Å². The first-order chi connectivity index (χ1) is 10.8. The molecule has 0 N–H and O–H groups in total. The number of carbonyl (C=O) groups is 1. The normalized spacial score (nSPS) is 9.50. The minimum absolute atomic E-state index is 0.111. The highest BCUT2D eigenvalue weighted by atomic mass is 16.5. The number of hydrogen-bond donors (Lipinski definition) is 0. The second kappa shape index (κ2) is 8.53. The molecule has 0 bridgehead atoms. The van der Waals surface area contributed by atoms with E-state index in [9.17, 15) is 4.79 Å². The maximum atomic E-state index is 11.2. The zero-order valence-electron chi connectivity index (χ0n) is 12.5. The Morgan fingerprint density at radius 2 is 1.77 bits per heavy atom. The third kappa shape index (κ3) is 5.34. The molecule has 3 heteroatoms. The van der Waals surface area contributed by atoms with E-state index in [1.807, 2.05) is 54.6 Å². The summed E-state index contributed by atoms with van der Waals surface area (Å²) < 4.78 is 10.5.